The lowest BCUT2D eigenvalue weighted by atomic mass is 10.0. The van der Waals surface area contributed by atoms with Gasteiger partial charge in [-0.3, -0.25) is 0 Å². The molecule has 0 fully saturated rings. The summed E-state index contributed by atoms with van der Waals surface area (Å²) in [4.78, 5) is 0.732. The molecule has 0 saturated heterocycles. The largest absolute Gasteiger partial charge is 0.372 e. The molecule has 0 aliphatic carbocycles. The van der Waals surface area contributed by atoms with Gasteiger partial charge in [-0.1, -0.05) is 106 Å². The summed E-state index contributed by atoms with van der Waals surface area (Å²) in [6, 6.07) is 16.9. The van der Waals surface area contributed by atoms with Crippen molar-refractivity contribution in [2.24, 2.45) is 0 Å². The Morgan fingerprint density at radius 1 is 0.943 bits per heavy atom. The Labute approximate surface area is 219 Å². The van der Waals surface area contributed by atoms with Crippen LogP contribution in [0.4, 0.5) is 0 Å². The third-order valence-electron chi connectivity index (χ3n) is 5.42. The molecule has 1 N–H and O–H groups in total. The van der Waals surface area contributed by atoms with E-state index in [2.05, 4.69) is 93.7 Å². The second-order valence-electron chi connectivity index (χ2n) is 7.91. The molecule has 2 aromatic carbocycles. The summed E-state index contributed by atoms with van der Waals surface area (Å²) >= 11 is 5.79. The van der Waals surface area contributed by atoms with Gasteiger partial charge in [0.15, 0.2) is 0 Å². The van der Waals surface area contributed by atoms with Crippen LogP contribution in [0.5, 0.6) is 0 Å². The highest BCUT2D eigenvalue weighted by atomic mass is 32.1. The molecule has 0 aliphatic rings. The fraction of sp³-hybridized carbons (Fsp3) is 0.355. The molecule has 0 amide bonds. The number of hydrogen-bond acceptors (Lipinski definition) is 2. The van der Waals surface area contributed by atoms with Crippen LogP contribution in [-0.4, -0.2) is 14.8 Å². The number of aryl methyl sites for hydroxylation is 2. The maximum absolute atomic E-state index is 5.79. The second-order valence-corrected chi connectivity index (χ2v) is 8.31. The predicted octanol–water partition coefficient (Wildman–Crippen LogP) is 8.88. The van der Waals surface area contributed by atoms with Crippen molar-refractivity contribution in [3.8, 4) is 5.69 Å². The number of nitrogens with zero attached hydrogens (tertiary/aromatic N) is 2. The summed E-state index contributed by atoms with van der Waals surface area (Å²) in [5.41, 5.74) is 9.12. The van der Waals surface area contributed by atoms with E-state index in [0.29, 0.717) is 6.54 Å². The average Bonchev–Trinajstić information content (AvgIpc) is 3.29. The van der Waals surface area contributed by atoms with Crippen LogP contribution in [0.25, 0.3) is 17.3 Å². The maximum Gasteiger partial charge on any atom is 0.107 e. The molecule has 3 aromatic rings. The fourth-order valence-corrected chi connectivity index (χ4v) is 3.62. The fourth-order valence-electron chi connectivity index (χ4n) is 3.32. The second kappa shape index (κ2) is 15.8. The SMILES string of the molecule is C/C=C(/C(=S)NCc1ccc(C)cc1)c1cnn(-c2ccc(C)cc2)c1/C=C(\C)CC.CC.CC. The Morgan fingerprint density at radius 3 is 2.00 bits per heavy atom. The van der Waals surface area contributed by atoms with Crippen molar-refractivity contribution in [3.05, 3.63) is 94.3 Å². The standard InChI is InChI=1S/C27H31N3S.2C2H6/c1-6-19(3)16-26-25(18-29-30(26)23-14-10-21(5)11-15-23)24(7-2)27(31)28-17-22-12-8-20(4)9-13-22;2*1-2/h7-16,18H,6,17H2,1-5H3,(H,28,31);2*1-2H3/b19-16+,24-7+;;. The zero-order valence-corrected chi connectivity index (χ0v) is 23.9. The minimum absolute atomic E-state index is 0.696. The molecule has 0 bridgehead atoms. The highest BCUT2D eigenvalue weighted by Crippen LogP contribution is 2.26. The number of allylic oxidation sites excluding steroid dienone is 2. The first kappa shape index (κ1) is 30.1. The third-order valence-corrected chi connectivity index (χ3v) is 5.79. The highest BCUT2D eigenvalue weighted by Gasteiger charge is 2.17. The first-order valence-corrected chi connectivity index (χ1v) is 13.2. The molecule has 0 saturated carbocycles. The lowest BCUT2D eigenvalue weighted by Crippen LogP contribution is -2.22. The molecule has 1 heterocycles. The van der Waals surface area contributed by atoms with Gasteiger partial charge in [-0.05, 0) is 57.9 Å². The quantitative estimate of drug-likeness (QED) is 0.265. The van der Waals surface area contributed by atoms with Crippen molar-refractivity contribution < 1.29 is 0 Å². The summed E-state index contributed by atoms with van der Waals surface area (Å²) in [5.74, 6) is 0. The third kappa shape index (κ3) is 8.63. The molecule has 1 aromatic heterocycles. The van der Waals surface area contributed by atoms with Gasteiger partial charge in [-0.15, -0.1) is 0 Å². The van der Waals surface area contributed by atoms with Crippen LogP contribution in [-0.2, 0) is 6.54 Å². The predicted molar refractivity (Wildman–Crippen MR) is 159 cm³/mol. The molecule has 35 heavy (non-hydrogen) atoms. The summed E-state index contributed by atoms with van der Waals surface area (Å²) in [5, 5.41) is 8.15. The van der Waals surface area contributed by atoms with Crippen LogP contribution in [0.1, 0.15) is 82.8 Å². The van der Waals surface area contributed by atoms with Crippen molar-refractivity contribution >= 4 is 28.9 Å². The maximum atomic E-state index is 5.79. The van der Waals surface area contributed by atoms with Gasteiger partial charge in [0.05, 0.1) is 17.6 Å². The molecule has 0 aliphatic heterocycles. The Balaban J connectivity index is 0.00000145. The molecule has 4 heteroatoms. The van der Waals surface area contributed by atoms with E-state index in [-0.39, 0.29) is 0 Å². The van der Waals surface area contributed by atoms with E-state index in [1.807, 2.05) is 45.5 Å². The molecule has 0 spiro atoms. The number of hydrogen-bond donors (Lipinski definition) is 1. The first-order valence-electron chi connectivity index (χ1n) is 12.8. The van der Waals surface area contributed by atoms with E-state index in [9.17, 15) is 0 Å². The Bertz CT molecular complexity index is 1100. The van der Waals surface area contributed by atoms with Gasteiger partial charge < -0.3 is 5.32 Å². The molecule has 0 radical (unpaired) electrons. The van der Waals surface area contributed by atoms with Crippen molar-refractivity contribution in [2.75, 3.05) is 0 Å². The molecular weight excluding hydrogens is 446 g/mol. The van der Waals surface area contributed by atoms with Crippen LogP contribution in [0, 0.1) is 13.8 Å². The topological polar surface area (TPSA) is 29.9 Å². The minimum atomic E-state index is 0.696. The van der Waals surface area contributed by atoms with Gasteiger partial charge in [0.1, 0.15) is 4.99 Å². The number of nitrogens with one attached hydrogen (secondary N) is 1. The molecule has 188 valence electrons. The number of aromatic nitrogens is 2. The van der Waals surface area contributed by atoms with Crippen LogP contribution >= 0.6 is 12.2 Å². The van der Waals surface area contributed by atoms with Gasteiger partial charge >= 0.3 is 0 Å². The number of thiocarbonyl (C=S) groups is 1. The number of rotatable bonds is 7. The van der Waals surface area contributed by atoms with E-state index in [1.54, 1.807) is 0 Å². The van der Waals surface area contributed by atoms with E-state index in [0.717, 1.165) is 33.9 Å². The smallest absolute Gasteiger partial charge is 0.107 e. The molecule has 3 rings (SSSR count). The Kier molecular flexibility index (Phi) is 13.6. The molecule has 0 atom stereocenters. The van der Waals surface area contributed by atoms with Gasteiger partial charge in [-0.25, -0.2) is 4.68 Å². The zero-order chi connectivity index (χ0) is 26.4. The summed E-state index contributed by atoms with van der Waals surface area (Å²) < 4.78 is 2.00. The Morgan fingerprint density at radius 2 is 1.49 bits per heavy atom. The van der Waals surface area contributed by atoms with E-state index >= 15 is 0 Å². The van der Waals surface area contributed by atoms with Crippen LogP contribution < -0.4 is 5.32 Å². The van der Waals surface area contributed by atoms with E-state index < -0.39 is 0 Å². The minimum Gasteiger partial charge on any atom is -0.372 e. The van der Waals surface area contributed by atoms with Gasteiger partial charge in [0, 0.05) is 17.7 Å². The van der Waals surface area contributed by atoms with E-state index in [4.69, 9.17) is 17.3 Å². The van der Waals surface area contributed by atoms with Gasteiger partial charge in [-0.2, -0.15) is 5.10 Å². The van der Waals surface area contributed by atoms with Crippen LogP contribution in [0.3, 0.4) is 0 Å². The molecular formula is C31H43N3S. The van der Waals surface area contributed by atoms with Crippen LogP contribution in [0.2, 0.25) is 0 Å². The average molecular weight is 490 g/mol. The monoisotopic (exact) mass is 489 g/mol. The molecule has 0 unspecified atom stereocenters. The lowest BCUT2D eigenvalue weighted by Gasteiger charge is -2.13. The normalized spacial score (nSPS) is 11.1. The molecule has 3 nitrogen and oxygen atoms in total. The lowest BCUT2D eigenvalue weighted by molar-refractivity contribution is 0.868. The van der Waals surface area contributed by atoms with Gasteiger partial charge in [0.25, 0.3) is 0 Å². The summed E-state index contributed by atoms with van der Waals surface area (Å²) in [6.45, 7) is 19.2. The van der Waals surface area contributed by atoms with Crippen molar-refractivity contribution in [2.45, 2.75) is 75.3 Å². The Hall–Kier alpha value is -2.98. The summed E-state index contributed by atoms with van der Waals surface area (Å²) in [7, 11) is 0. The highest BCUT2D eigenvalue weighted by molar-refractivity contribution is 7.81. The van der Waals surface area contributed by atoms with Crippen LogP contribution in [0.15, 0.2) is 66.4 Å². The first-order chi connectivity index (χ1) is 16.9. The van der Waals surface area contributed by atoms with Crippen molar-refractivity contribution in [3.63, 3.8) is 0 Å². The van der Waals surface area contributed by atoms with E-state index in [1.165, 1.54) is 22.3 Å². The summed E-state index contributed by atoms with van der Waals surface area (Å²) in [6.07, 6.45) is 7.19. The van der Waals surface area contributed by atoms with Crippen molar-refractivity contribution in [1.82, 2.24) is 15.1 Å². The number of benzene rings is 2. The van der Waals surface area contributed by atoms with Crippen molar-refractivity contribution in [1.29, 1.82) is 0 Å². The zero-order valence-electron chi connectivity index (χ0n) is 23.1. The van der Waals surface area contributed by atoms with Gasteiger partial charge in [0.2, 0.25) is 0 Å².